The van der Waals surface area contributed by atoms with Gasteiger partial charge in [-0.2, -0.15) is 0 Å². The van der Waals surface area contributed by atoms with E-state index < -0.39 is 0 Å². The molecular weight excluding hydrogens is 1120 g/mol. The quantitative estimate of drug-likeness (QED) is 0.150. The first-order valence-corrected chi connectivity index (χ1v) is 33.7. The van der Waals surface area contributed by atoms with Crippen LogP contribution in [-0.4, -0.2) is 0 Å². The SMILES string of the molecule is Cc1ccc(N(c2ccc(C)cc2)c2ccc3c(c2)C(C)(C)c2cc(N(c4ccc(C)cc4)c4ccc(C)cc4)ccc2-3)cc1.Cc1ccc2c(c1)C(C)(C)c1cc(C)ccc1-2.Cc1ccc2c(c1)C(c1ccc3c(c1)CC3)(c1ccc3c(c1)CC3)c1cc(C)ccc1-2. The van der Waals surface area contributed by atoms with Crippen LogP contribution in [0.5, 0.6) is 0 Å². The topological polar surface area (TPSA) is 6.48 Å². The van der Waals surface area contributed by atoms with Crippen molar-refractivity contribution in [2.45, 2.75) is 125 Å². The minimum atomic E-state index is -0.238. The predicted octanol–water partition coefficient (Wildman–Crippen LogP) is 23.6. The maximum atomic E-state index is 2.52. The fourth-order valence-corrected chi connectivity index (χ4v) is 15.8. The van der Waals surface area contributed by atoms with Gasteiger partial charge in [-0.3, -0.25) is 0 Å². The van der Waals surface area contributed by atoms with E-state index in [-0.39, 0.29) is 16.2 Å². The minimum absolute atomic E-state index is 0.142. The molecule has 0 unspecified atom stereocenters. The number of fused-ring (bicyclic) bond motifs is 11. The molecule has 0 bridgehead atoms. The number of hydrogen-bond donors (Lipinski definition) is 0. The van der Waals surface area contributed by atoms with Crippen molar-refractivity contribution in [3.05, 3.63) is 354 Å². The van der Waals surface area contributed by atoms with Gasteiger partial charge >= 0.3 is 0 Å². The molecule has 5 aliphatic carbocycles. The first kappa shape index (κ1) is 59.5. The summed E-state index contributed by atoms with van der Waals surface area (Å²) >= 11 is 0. The molecule has 0 heterocycles. The van der Waals surface area contributed by atoms with Gasteiger partial charge in [-0.1, -0.05) is 242 Å². The highest BCUT2D eigenvalue weighted by Gasteiger charge is 2.47. The number of rotatable bonds is 8. The molecule has 0 amide bonds. The Balaban J connectivity index is 0.000000128. The molecule has 458 valence electrons. The van der Waals surface area contributed by atoms with Crippen LogP contribution in [0.1, 0.15) is 139 Å². The standard InChI is InChI=1S/C43H40N2.C31H26.C17H18/c1-29-7-15-33(16-8-29)44(34-17-9-30(2)10-18-34)37-23-25-39-40-26-24-38(28-42(40)43(5,6)41(39)27-37)45(35-19-11-31(3)12-20-35)36-21-13-32(4)14-22-36;1-19-3-13-27-28-14-4-20(2)16-30(28)31(29(27)15-19,25-11-9-21-5-7-23(21)17-25)26-12-10-22-6-8-24(22)18-26;1-11-5-7-13-14-8-6-12(2)10-16(14)17(3,4)15(13)9-11/h7-28H,1-6H3;3-4,9-18H,5-8H2,1-2H3;5-10H,1-4H3. The van der Waals surface area contributed by atoms with Crippen LogP contribution < -0.4 is 9.80 Å². The number of aryl methyl sites for hydroxylation is 12. The second-order valence-electron chi connectivity index (χ2n) is 28.6. The Kier molecular flexibility index (Phi) is 14.6. The van der Waals surface area contributed by atoms with Gasteiger partial charge in [0.1, 0.15) is 0 Å². The second kappa shape index (κ2) is 22.8. The Labute approximate surface area is 552 Å². The van der Waals surface area contributed by atoms with Gasteiger partial charge in [0.05, 0.1) is 5.41 Å². The van der Waals surface area contributed by atoms with Gasteiger partial charge in [0, 0.05) is 45.0 Å². The maximum absolute atomic E-state index is 2.52. The summed E-state index contributed by atoms with van der Waals surface area (Å²) in [4.78, 5) is 4.75. The molecular formula is C91H84N2. The third kappa shape index (κ3) is 10.2. The lowest BCUT2D eigenvalue weighted by atomic mass is 9.65. The average Bonchev–Trinajstić information content (AvgIpc) is 1.57. The highest BCUT2D eigenvalue weighted by atomic mass is 15.1. The molecule has 93 heavy (non-hydrogen) atoms. The maximum Gasteiger partial charge on any atom is 0.0713 e. The molecule has 0 saturated heterocycles. The smallest absolute Gasteiger partial charge is 0.0713 e. The molecule has 0 N–H and O–H groups in total. The predicted molar refractivity (Wildman–Crippen MR) is 394 cm³/mol. The van der Waals surface area contributed by atoms with E-state index in [4.69, 9.17) is 0 Å². The van der Waals surface area contributed by atoms with Crippen LogP contribution in [0.15, 0.2) is 243 Å². The molecule has 0 saturated carbocycles. The number of anilines is 6. The van der Waals surface area contributed by atoms with Crippen molar-refractivity contribution < 1.29 is 0 Å². The zero-order chi connectivity index (χ0) is 64.2. The van der Waals surface area contributed by atoms with Gasteiger partial charge < -0.3 is 9.80 Å². The fourth-order valence-electron chi connectivity index (χ4n) is 15.8. The van der Waals surface area contributed by atoms with Crippen molar-refractivity contribution in [3.8, 4) is 33.4 Å². The molecule has 0 atom stereocenters. The first-order valence-electron chi connectivity index (χ1n) is 33.7. The van der Waals surface area contributed by atoms with E-state index in [1.807, 2.05) is 0 Å². The van der Waals surface area contributed by atoms with Gasteiger partial charge in [0.2, 0.25) is 0 Å². The van der Waals surface area contributed by atoms with Crippen LogP contribution in [0.25, 0.3) is 33.4 Å². The van der Waals surface area contributed by atoms with E-state index in [0.29, 0.717) is 0 Å². The van der Waals surface area contributed by atoms with E-state index in [9.17, 15) is 0 Å². The van der Waals surface area contributed by atoms with Crippen molar-refractivity contribution in [2.75, 3.05) is 9.80 Å². The van der Waals surface area contributed by atoms with Crippen LogP contribution in [0.4, 0.5) is 34.1 Å². The van der Waals surface area contributed by atoms with Crippen molar-refractivity contribution in [2.24, 2.45) is 0 Å². The first-order chi connectivity index (χ1) is 44.8. The third-order valence-corrected chi connectivity index (χ3v) is 21.4. The second-order valence-corrected chi connectivity index (χ2v) is 28.6. The Hall–Kier alpha value is -9.76. The Morgan fingerprint density at radius 3 is 0.731 bits per heavy atom. The van der Waals surface area contributed by atoms with Gasteiger partial charge in [-0.15, -0.1) is 0 Å². The summed E-state index contributed by atoms with van der Waals surface area (Å²) in [5.41, 5.74) is 42.9. The lowest BCUT2D eigenvalue weighted by Crippen LogP contribution is -2.30. The largest absolute Gasteiger partial charge is 0.310 e. The zero-order valence-electron chi connectivity index (χ0n) is 56.3. The molecule has 0 fully saturated rings. The highest BCUT2D eigenvalue weighted by Crippen LogP contribution is 2.58. The van der Waals surface area contributed by atoms with E-state index >= 15 is 0 Å². The molecule has 0 aliphatic heterocycles. The zero-order valence-corrected chi connectivity index (χ0v) is 56.3. The molecule has 2 heteroatoms. The summed E-state index contributed by atoms with van der Waals surface area (Å²) in [6, 6.07) is 91.8. The monoisotopic (exact) mass is 1200 g/mol. The normalized spacial score (nSPS) is 14.5. The number of benzene rings is 12. The lowest BCUT2D eigenvalue weighted by molar-refractivity contribution is 0.659. The highest BCUT2D eigenvalue weighted by molar-refractivity contribution is 5.90. The molecule has 12 aromatic rings. The van der Waals surface area contributed by atoms with E-state index in [2.05, 4.69) is 336 Å². The molecule has 17 rings (SSSR count). The Morgan fingerprint density at radius 2 is 0.452 bits per heavy atom. The van der Waals surface area contributed by atoms with Crippen LogP contribution >= 0.6 is 0 Å². The molecule has 0 aromatic heterocycles. The molecule has 12 aromatic carbocycles. The Morgan fingerprint density at radius 1 is 0.215 bits per heavy atom. The van der Waals surface area contributed by atoms with Crippen LogP contribution in [0, 0.1) is 55.4 Å². The molecule has 0 spiro atoms. The molecule has 0 radical (unpaired) electrons. The van der Waals surface area contributed by atoms with Crippen LogP contribution in [0.2, 0.25) is 0 Å². The number of hydrogen-bond acceptors (Lipinski definition) is 2. The molecule has 2 nitrogen and oxygen atoms in total. The summed E-state index contributed by atoms with van der Waals surface area (Å²) in [5.74, 6) is 0. The summed E-state index contributed by atoms with van der Waals surface area (Å²) in [7, 11) is 0. The lowest BCUT2D eigenvalue weighted by Gasteiger charge is -2.37. The molecule has 5 aliphatic rings. The summed E-state index contributed by atoms with van der Waals surface area (Å²) in [6.07, 6.45) is 4.88. The fraction of sp³-hybridized carbons (Fsp3) is 0.209. The third-order valence-electron chi connectivity index (χ3n) is 21.4. The van der Waals surface area contributed by atoms with Gasteiger partial charge in [0.15, 0.2) is 0 Å². The van der Waals surface area contributed by atoms with Crippen molar-refractivity contribution in [1.29, 1.82) is 0 Å². The van der Waals surface area contributed by atoms with E-state index in [0.717, 1.165) is 22.7 Å². The van der Waals surface area contributed by atoms with Crippen LogP contribution in [-0.2, 0) is 41.9 Å². The van der Waals surface area contributed by atoms with Crippen LogP contribution in [0.3, 0.4) is 0 Å². The van der Waals surface area contributed by atoms with Crippen molar-refractivity contribution in [1.82, 2.24) is 0 Å². The minimum Gasteiger partial charge on any atom is -0.310 e. The average molecular weight is 1210 g/mol. The van der Waals surface area contributed by atoms with Gasteiger partial charge in [-0.25, -0.2) is 0 Å². The Bertz CT molecular complexity index is 4520. The number of nitrogens with zero attached hydrogens (tertiary/aromatic N) is 2. The summed E-state index contributed by atoms with van der Waals surface area (Å²) in [5, 5.41) is 0. The van der Waals surface area contributed by atoms with Crippen molar-refractivity contribution in [3.63, 3.8) is 0 Å². The van der Waals surface area contributed by atoms with Gasteiger partial charge in [0.25, 0.3) is 0 Å². The van der Waals surface area contributed by atoms with Gasteiger partial charge in [-0.05, 0) is 254 Å². The summed E-state index contributed by atoms with van der Waals surface area (Å²) < 4.78 is 0. The van der Waals surface area contributed by atoms with Crippen molar-refractivity contribution >= 4 is 34.1 Å². The summed E-state index contributed by atoms with van der Waals surface area (Å²) in [6.45, 7) is 26.8. The van der Waals surface area contributed by atoms with E-state index in [1.54, 1.807) is 0 Å². The van der Waals surface area contributed by atoms with E-state index in [1.165, 1.54) is 182 Å².